The molecule has 6 heteroatoms. The Hall–Kier alpha value is -2.63. The molecule has 1 aliphatic heterocycles. The average molecular weight is 452 g/mol. The van der Waals surface area contributed by atoms with E-state index >= 15 is 0 Å². The number of rotatable bonds is 5. The van der Waals surface area contributed by atoms with E-state index in [0.717, 1.165) is 60.6 Å². The molecule has 0 bridgehead atoms. The maximum Gasteiger partial charge on any atom is 0.275 e. The van der Waals surface area contributed by atoms with Gasteiger partial charge in [0.15, 0.2) is 0 Å². The van der Waals surface area contributed by atoms with Gasteiger partial charge < -0.3 is 13.9 Å². The lowest BCUT2D eigenvalue weighted by atomic mass is 9.89. The average Bonchev–Trinajstić information content (AvgIpc) is 3.19. The molecule has 0 atom stereocenters. The van der Waals surface area contributed by atoms with Crippen molar-refractivity contribution in [3.8, 4) is 0 Å². The molecule has 4 aromatic rings. The van der Waals surface area contributed by atoms with Gasteiger partial charge in [0.1, 0.15) is 11.3 Å². The maximum atomic E-state index is 14.0. The van der Waals surface area contributed by atoms with Crippen molar-refractivity contribution in [2.75, 3.05) is 19.6 Å². The highest BCUT2D eigenvalue weighted by Crippen LogP contribution is 2.29. The standard InChI is InChI=1S/C26H27ClFN3O/c1-18-3-9-24-26(32)30(23-10-8-22(28)17-25(23)31(18)24)14-2-13-29-15-11-20(12-16-29)19-4-6-21(27)7-5-19/h3-10,17,20H,2,11-16H2,1H3. The van der Waals surface area contributed by atoms with Crippen molar-refractivity contribution >= 4 is 28.2 Å². The van der Waals surface area contributed by atoms with Crippen molar-refractivity contribution in [1.82, 2.24) is 13.9 Å². The Morgan fingerprint density at radius 1 is 0.938 bits per heavy atom. The molecule has 1 aliphatic rings. The molecule has 2 aromatic carbocycles. The zero-order chi connectivity index (χ0) is 22.2. The molecule has 32 heavy (non-hydrogen) atoms. The topological polar surface area (TPSA) is 29.7 Å². The normalized spacial score (nSPS) is 15.7. The van der Waals surface area contributed by atoms with Crippen LogP contribution in [0.25, 0.3) is 16.6 Å². The van der Waals surface area contributed by atoms with E-state index in [0.29, 0.717) is 18.0 Å². The van der Waals surface area contributed by atoms with Gasteiger partial charge in [0.2, 0.25) is 0 Å². The minimum atomic E-state index is -0.291. The number of aryl methyl sites for hydroxylation is 2. The molecule has 166 valence electrons. The van der Waals surface area contributed by atoms with E-state index in [4.69, 9.17) is 11.6 Å². The van der Waals surface area contributed by atoms with Gasteiger partial charge >= 0.3 is 0 Å². The minimum absolute atomic E-state index is 0.0151. The number of hydrogen-bond donors (Lipinski definition) is 0. The number of likely N-dealkylation sites (tertiary alicyclic amines) is 1. The van der Waals surface area contributed by atoms with Crippen LogP contribution in [0.2, 0.25) is 5.02 Å². The first kappa shape index (κ1) is 21.2. The summed E-state index contributed by atoms with van der Waals surface area (Å²) >= 11 is 6.02. The number of hydrogen-bond acceptors (Lipinski definition) is 2. The van der Waals surface area contributed by atoms with E-state index in [-0.39, 0.29) is 11.4 Å². The molecule has 0 aliphatic carbocycles. The van der Waals surface area contributed by atoms with E-state index in [9.17, 15) is 9.18 Å². The Labute approximate surface area is 191 Å². The zero-order valence-corrected chi connectivity index (χ0v) is 19.0. The van der Waals surface area contributed by atoms with E-state index in [1.165, 1.54) is 17.7 Å². The van der Waals surface area contributed by atoms with Crippen LogP contribution in [0.1, 0.15) is 36.4 Å². The molecule has 3 heterocycles. The maximum absolute atomic E-state index is 14.0. The van der Waals surface area contributed by atoms with Crippen molar-refractivity contribution in [1.29, 1.82) is 0 Å². The van der Waals surface area contributed by atoms with Crippen molar-refractivity contribution in [2.24, 2.45) is 0 Å². The van der Waals surface area contributed by atoms with Crippen molar-refractivity contribution < 1.29 is 4.39 Å². The van der Waals surface area contributed by atoms with E-state index < -0.39 is 0 Å². The molecule has 5 rings (SSSR count). The summed E-state index contributed by atoms with van der Waals surface area (Å²) in [6.07, 6.45) is 3.16. The number of benzene rings is 2. The summed E-state index contributed by atoms with van der Waals surface area (Å²) < 4.78 is 17.7. The van der Waals surface area contributed by atoms with Crippen LogP contribution in [-0.4, -0.2) is 33.5 Å². The van der Waals surface area contributed by atoms with Gasteiger partial charge in [-0.3, -0.25) is 4.79 Å². The predicted octanol–water partition coefficient (Wildman–Crippen LogP) is 5.62. The first-order valence-corrected chi connectivity index (χ1v) is 11.7. The Morgan fingerprint density at radius 3 is 2.41 bits per heavy atom. The second-order valence-electron chi connectivity index (χ2n) is 8.81. The lowest BCUT2D eigenvalue weighted by molar-refractivity contribution is 0.207. The van der Waals surface area contributed by atoms with Gasteiger partial charge in [-0.05, 0) is 99.8 Å². The summed E-state index contributed by atoms with van der Waals surface area (Å²) in [6.45, 7) is 5.64. The van der Waals surface area contributed by atoms with Gasteiger partial charge in [0.05, 0.1) is 11.0 Å². The molecular formula is C26H27ClFN3O. The van der Waals surface area contributed by atoms with Crippen molar-refractivity contribution in [3.63, 3.8) is 0 Å². The highest BCUT2D eigenvalue weighted by molar-refractivity contribution is 6.30. The van der Waals surface area contributed by atoms with Gasteiger partial charge in [-0.1, -0.05) is 23.7 Å². The molecule has 2 aromatic heterocycles. The van der Waals surface area contributed by atoms with E-state index in [2.05, 4.69) is 17.0 Å². The molecule has 1 fully saturated rings. The van der Waals surface area contributed by atoms with Crippen LogP contribution < -0.4 is 5.56 Å². The third kappa shape index (κ3) is 3.96. The molecule has 0 radical (unpaired) electrons. The summed E-state index contributed by atoms with van der Waals surface area (Å²) in [4.78, 5) is 15.7. The van der Waals surface area contributed by atoms with Gasteiger partial charge in [-0.2, -0.15) is 0 Å². The van der Waals surface area contributed by atoms with Crippen LogP contribution in [0.5, 0.6) is 0 Å². The Kier molecular flexibility index (Phi) is 5.78. The third-order valence-electron chi connectivity index (χ3n) is 6.79. The molecule has 0 spiro atoms. The largest absolute Gasteiger partial charge is 0.307 e. The quantitative estimate of drug-likeness (QED) is 0.394. The lowest BCUT2D eigenvalue weighted by Crippen LogP contribution is -2.34. The molecule has 4 nitrogen and oxygen atoms in total. The zero-order valence-electron chi connectivity index (χ0n) is 18.2. The number of fused-ring (bicyclic) bond motifs is 3. The predicted molar refractivity (Wildman–Crippen MR) is 128 cm³/mol. The fourth-order valence-corrected chi connectivity index (χ4v) is 5.20. The Balaban J connectivity index is 1.28. The van der Waals surface area contributed by atoms with Crippen LogP contribution in [0.4, 0.5) is 4.39 Å². The summed E-state index contributed by atoms with van der Waals surface area (Å²) in [6, 6.07) is 16.7. The van der Waals surface area contributed by atoms with Gasteiger partial charge in [0.25, 0.3) is 5.56 Å². The smallest absolute Gasteiger partial charge is 0.275 e. The number of nitrogens with zero attached hydrogens (tertiary/aromatic N) is 3. The van der Waals surface area contributed by atoms with Crippen LogP contribution >= 0.6 is 11.6 Å². The van der Waals surface area contributed by atoms with E-state index in [1.807, 2.05) is 40.2 Å². The van der Waals surface area contributed by atoms with Gasteiger partial charge in [0, 0.05) is 17.3 Å². The van der Waals surface area contributed by atoms with E-state index in [1.54, 1.807) is 6.07 Å². The monoisotopic (exact) mass is 451 g/mol. The first-order valence-electron chi connectivity index (χ1n) is 11.3. The second-order valence-corrected chi connectivity index (χ2v) is 9.24. The highest BCUT2D eigenvalue weighted by atomic mass is 35.5. The lowest BCUT2D eigenvalue weighted by Gasteiger charge is -2.32. The van der Waals surface area contributed by atoms with Gasteiger partial charge in [-0.15, -0.1) is 0 Å². The number of aromatic nitrogens is 2. The molecule has 1 saturated heterocycles. The van der Waals surface area contributed by atoms with Crippen LogP contribution in [-0.2, 0) is 6.54 Å². The second kappa shape index (κ2) is 8.72. The van der Waals surface area contributed by atoms with Crippen molar-refractivity contribution in [2.45, 2.75) is 38.6 Å². The molecular weight excluding hydrogens is 425 g/mol. The summed E-state index contributed by atoms with van der Waals surface area (Å²) in [5.41, 5.74) is 4.41. The fourth-order valence-electron chi connectivity index (χ4n) is 5.08. The highest BCUT2D eigenvalue weighted by Gasteiger charge is 2.20. The Morgan fingerprint density at radius 2 is 1.66 bits per heavy atom. The third-order valence-corrected chi connectivity index (χ3v) is 7.05. The molecule has 0 unspecified atom stereocenters. The molecule has 0 amide bonds. The summed E-state index contributed by atoms with van der Waals surface area (Å²) in [5, 5.41) is 0.783. The van der Waals surface area contributed by atoms with Crippen molar-refractivity contribution in [3.05, 3.63) is 87.0 Å². The van der Waals surface area contributed by atoms with Crippen LogP contribution in [0.3, 0.4) is 0 Å². The number of piperidine rings is 1. The fraction of sp³-hybridized carbons (Fsp3) is 0.346. The van der Waals surface area contributed by atoms with Crippen LogP contribution in [0, 0.1) is 12.7 Å². The van der Waals surface area contributed by atoms with Crippen LogP contribution in [0.15, 0.2) is 59.4 Å². The number of halogens is 2. The Bertz CT molecular complexity index is 1320. The SMILES string of the molecule is Cc1ccc2c(=O)n(CCCN3CCC(c4ccc(Cl)cc4)CC3)c3ccc(F)cc3n12. The summed E-state index contributed by atoms with van der Waals surface area (Å²) in [7, 11) is 0. The first-order chi connectivity index (χ1) is 15.5. The molecule has 0 N–H and O–H groups in total. The summed E-state index contributed by atoms with van der Waals surface area (Å²) in [5.74, 6) is 0.297. The molecule has 0 saturated carbocycles. The van der Waals surface area contributed by atoms with Gasteiger partial charge in [-0.25, -0.2) is 4.39 Å². The minimum Gasteiger partial charge on any atom is -0.307 e.